The minimum Gasteiger partial charge on any atom is -0.435 e. The van der Waals surface area contributed by atoms with Gasteiger partial charge in [0.15, 0.2) is 5.96 Å². The van der Waals surface area contributed by atoms with Crippen LogP contribution in [0.25, 0.3) is 0 Å². The van der Waals surface area contributed by atoms with Gasteiger partial charge in [-0.2, -0.15) is 8.78 Å². The predicted octanol–water partition coefficient (Wildman–Crippen LogP) is 2.75. The fourth-order valence-corrected chi connectivity index (χ4v) is 1.90. The molecule has 0 aliphatic carbocycles. The van der Waals surface area contributed by atoms with Crippen molar-refractivity contribution in [2.24, 2.45) is 10.7 Å². The molecule has 7 heteroatoms. The van der Waals surface area contributed by atoms with Crippen LogP contribution in [-0.2, 0) is 0 Å². The highest BCUT2D eigenvalue weighted by atomic mass is 19.3. The standard InChI is InChI=1S/C16H17F2N3O2/c17-15(18)23-13-8-4-5-11(9-13)14(22)10-20-16(19)21-12-6-2-1-3-7-12/h1-9,14-15,22H,10H2,(H3,19,20,21). The van der Waals surface area contributed by atoms with Gasteiger partial charge in [-0.15, -0.1) is 0 Å². The molecular weight excluding hydrogens is 304 g/mol. The van der Waals surface area contributed by atoms with Crippen molar-refractivity contribution in [3.8, 4) is 5.75 Å². The molecule has 2 aromatic carbocycles. The number of rotatable bonds is 6. The van der Waals surface area contributed by atoms with E-state index in [9.17, 15) is 13.9 Å². The summed E-state index contributed by atoms with van der Waals surface area (Å²) >= 11 is 0. The van der Waals surface area contributed by atoms with E-state index in [4.69, 9.17) is 5.73 Å². The first-order valence-corrected chi connectivity index (χ1v) is 6.89. The van der Waals surface area contributed by atoms with Crippen molar-refractivity contribution in [2.75, 3.05) is 11.9 Å². The minimum absolute atomic E-state index is 0.0101. The molecule has 0 aromatic heterocycles. The van der Waals surface area contributed by atoms with Crippen molar-refractivity contribution < 1.29 is 18.6 Å². The van der Waals surface area contributed by atoms with Crippen molar-refractivity contribution in [3.63, 3.8) is 0 Å². The maximum Gasteiger partial charge on any atom is 0.387 e. The average molecular weight is 321 g/mol. The highest BCUT2D eigenvalue weighted by molar-refractivity contribution is 5.92. The van der Waals surface area contributed by atoms with Crippen LogP contribution in [0, 0.1) is 0 Å². The van der Waals surface area contributed by atoms with Crippen LogP contribution in [0.4, 0.5) is 14.5 Å². The molecule has 1 atom stereocenters. The monoisotopic (exact) mass is 321 g/mol. The Bertz CT molecular complexity index is 651. The van der Waals surface area contributed by atoms with E-state index >= 15 is 0 Å². The topological polar surface area (TPSA) is 79.9 Å². The van der Waals surface area contributed by atoms with Crippen molar-refractivity contribution in [1.82, 2.24) is 0 Å². The van der Waals surface area contributed by atoms with E-state index in [1.807, 2.05) is 30.3 Å². The zero-order valence-corrected chi connectivity index (χ0v) is 12.2. The Morgan fingerprint density at radius 1 is 1.17 bits per heavy atom. The quantitative estimate of drug-likeness (QED) is 0.564. The van der Waals surface area contributed by atoms with Crippen LogP contribution >= 0.6 is 0 Å². The van der Waals surface area contributed by atoms with Crippen LogP contribution in [0.1, 0.15) is 11.7 Å². The van der Waals surface area contributed by atoms with Crippen molar-refractivity contribution in [3.05, 3.63) is 60.2 Å². The number of nitrogens with zero attached hydrogens (tertiary/aromatic N) is 1. The van der Waals surface area contributed by atoms with Gasteiger partial charge < -0.3 is 20.9 Å². The van der Waals surface area contributed by atoms with Crippen LogP contribution < -0.4 is 15.8 Å². The SMILES string of the molecule is NC(=NCC(O)c1cccc(OC(F)F)c1)Nc1ccccc1. The maximum atomic E-state index is 12.2. The molecule has 0 amide bonds. The van der Waals surface area contributed by atoms with Crippen LogP contribution in [0.5, 0.6) is 5.75 Å². The van der Waals surface area contributed by atoms with Crippen molar-refractivity contribution in [2.45, 2.75) is 12.7 Å². The van der Waals surface area contributed by atoms with E-state index < -0.39 is 12.7 Å². The van der Waals surface area contributed by atoms with Gasteiger partial charge in [0.2, 0.25) is 0 Å². The van der Waals surface area contributed by atoms with Crippen LogP contribution in [0.15, 0.2) is 59.6 Å². The second kappa shape index (κ2) is 8.09. The van der Waals surface area contributed by atoms with E-state index in [2.05, 4.69) is 15.0 Å². The van der Waals surface area contributed by atoms with E-state index in [0.717, 1.165) is 5.69 Å². The number of nitrogens with two attached hydrogens (primary N) is 1. The van der Waals surface area contributed by atoms with Crippen LogP contribution in [0.2, 0.25) is 0 Å². The zero-order valence-electron chi connectivity index (χ0n) is 12.2. The highest BCUT2D eigenvalue weighted by Crippen LogP contribution is 2.21. The fourth-order valence-electron chi connectivity index (χ4n) is 1.90. The van der Waals surface area contributed by atoms with Crippen LogP contribution in [-0.4, -0.2) is 24.2 Å². The van der Waals surface area contributed by atoms with Gasteiger partial charge >= 0.3 is 6.61 Å². The lowest BCUT2D eigenvalue weighted by molar-refractivity contribution is -0.0499. The molecule has 0 spiro atoms. The third-order valence-corrected chi connectivity index (χ3v) is 2.95. The lowest BCUT2D eigenvalue weighted by atomic mass is 10.1. The van der Waals surface area contributed by atoms with Gasteiger partial charge in [-0.25, -0.2) is 0 Å². The third kappa shape index (κ3) is 5.55. The van der Waals surface area contributed by atoms with Gasteiger partial charge in [0.25, 0.3) is 0 Å². The smallest absolute Gasteiger partial charge is 0.387 e. The molecule has 5 nitrogen and oxygen atoms in total. The average Bonchev–Trinajstić information content (AvgIpc) is 2.53. The number of benzene rings is 2. The number of halogens is 2. The Labute approximate surface area is 132 Å². The Morgan fingerprint density at radius 3 is 2.61 bits per heavy atom. The van der Waals surface area contributed by atoms with Gasteiger partial charge in [0.1, 0.15) is 5.75 Å². The maximum absolute atomic E-state index is 12.2. The first-order chi connectivity index (χ1) is 11.0. The van der Waals surface area contributed by atoms with E-state index in [-0.39, 0.29) is 18.3 Å². The van der Waals surface area contributed by atoms with Crippen molar-refractivity contribution in [1.29, 1.82) is 0 Å². The lowest BCUT2D eigenvalue weighted by Gasteiger charge is -2.11. The van der Waals surface area contributed by atoms with E-state index in [1.54, 1.807) is 6.07 Å². The summed E-state index contributed by atoms with van der Waals surface area (Å²) in [6.07, 6.45) is -0.979. The van der Waals surface area contributed by atoms with Gasteiger partial charge in [-0.05, 0) is 29.8 Å². The molecule has 0 heterocycles. The first-order valence-electron chi connectivity index (χ1n) is 6.89. The highest BCUT2D eigenvalue weighted by Gasteiger charge is 2.10. The number of nitrogens with one attached hydrogen (secondary N) is 1. The number of alkyl halides is 2. The first kappa shape index (κ1) is 16.7. The normalized spacial score (nSPS) is 13.0. The van der Waals surface area contributed by atoms with Gasteiger partial charge in [-0.1, -0.05) is 30.3 Å². The molecule has 122 valence electrons. The molecule has 0 saturated heterocycles. The van der Waals surface area contributed by atoms with Gasteiger partial charge in [-0.3, -0.25) is 4.99 Å². The number of anilines is 1. The lowest BCUT2D eigenvalue weighted by Crippen LogP contribution is -2.23. The summed E-state index contributed by atoms with van der Waals surface area (Å²) in [6.45, 7) is -2.92. The minimum atomic E-state index is -2.91. The Morgan fingerprint density at radius 2 is 1.91 bits per heavy atom. The molecule has 0 bridgehead atoms. The molecule has 23 heavy (non-hydrogen) atoms. The molecule has 0 radical (unpaired) electrons. The Kier molecular flexibility index (Phi) is 5.87. The largest absolute Gasteiger partial charge is 0.435 e. The van der Waals surface area contributed by atoms with E-state index in [1.165, 1.54) is 18.2 Å². The molecule has 2 rings (SSSR count). The van der Waals surface area contributed by atoms with Crippen molar-refractivity contribution >= 4 is 11.6 Å². The molecule has 0 saturated carbocycles. The summed E-state index contributed by atoms with van der Waals surface area (Å²) in [4.78, 5) is 4.03. The Balaban J connectivity index is 1.95. The second-order valence-corrected chi connectivity index (χ2v) is 4.68. The number of hydrogen-bond donors (Lipinski definition) is 3. The zero-order chi connectivity index (χ0) is 16.7. The summed E-state index contributed by atoms with van der Waals surface area (Å²) in [6, 6.07) is 15.1. The number of aliphatic hydroxyl groups is 1. The number of aliphatic imine (C=N–C) groups is 1. The summed E-state index contributed by atoms with van der Waals surface area (Å²) in [5, 5.41) is 12.9. The number of para-hydroxylation sites is 1. The molecular formula is C16H17F2N3O2. The number of ether oxygens (including phenoxy) is 1. The molecule has 0 aliphatic heterocycles. The summed E-state index contributed by atoms with van der Waals surface area (Å²) < 4.78 is 28.7. The van der Waals surface area contributed by atoms with Crippen LogP contribution in [0.3, 0.4) is 0 Å². The summed E-state index contributed by atoms with van der Waals surface area (Å²) in [5.41, 5.74) is 6.92. The second-order valence-electron chi connectivity index (χ2n) is 4.68. The van der Waals surface area contributed by atoms with E-state index in [0.29, 0.717) is 5.56 Å². The summed E-state index contributed by atoms with van der Waals surface area (Å²) in [7, 11) is 0. The summed E-state index contributed by atoms with van der Waals surface area (Å²) in [5.74, 6) is 0.131. The fraction of sp³-hybridized carbons (Fsp3) is 0.188. The van der Waals surface area contributed by atoms with Gasteiger partial charge in [0.05, 0.1) is 12.6 Å². The van der Waals surface area contributed by atoms with Gasteiger partial charge in [0, 0.05) is 5.69 Å². The molecule has 0 aliphatic rings. The number of aliphatic hydroxyl groups excluding tert-OH is 1. The molecule has 4 N–H and O–H groups in total. The number of hydrogen-bond acceptors (Lipinski definition) is 3. The Hall–Kier alpha value is -2.67. The third-order valence-electron chi connectivity index (χ3n) is 2.95. The molecule has 2 aromatic rings. The molecule has 0 fully saturated rings. The predicted molar refractivity (Wildman–Crippen MR) is 84.6 cm³/mol. The molecule has 1 unspecified atom stereocenters. The number of guanidine groups is 1.